The monoisotopic (exact) mass is 370 g/mol. The Morgan fingerprint density at radius 2 is 1.85 bits per heavy atom. The van der Waals surface area contributed by atoms with Gasteiger partial charge in [-0.3, -0.25) is 9.59 Å². The zero-order valence-electron chi connectivity index (χ0n) is 15.1. The number of H-pyrrole nitrogens is 1. The number of esters is 3. The fourth-order valence-corrected chi connectivity index (χ4v) is 2.87. The fraction of sp³-hybridized carbons (Fsp3) is 0.263. The number of nitrogens with one attached hydrogen (secondary N) is 1. The van der Waals surface area contributed by atoms with Crippen LogP contribution in [0.25, 0.3) is 21.8 Å². The van der Waals surface area contributed by atoms with Gasteiger partial charge in [-0.1, -0.05) is 18.2 Å². The number of methoxy groups -OCH3 is 1. The summed E-state index contributed by atoms with van der Waals surface area (Å²) >= 11 is 0. The Labute approximate surface area is 154 Å². The molecule has 0 bridgehead atoms. The molecule has 27 heavy (non-hydrogen) atoms. The van der Waals surface area contributed by atoms with Gasteiger partial charge in [0.15, 0.2) is 6.10 Å². The molecule has 140 valence electrons. The first kappa shape index (κ1) is 18.4. The van der Waals surface area contributed by atoms with E-state index in [9.17, 15) is 14.4 Å². The Morgan fingerprint density at radius 1 is 1.11 bits per heavy atom. The molecule has 2 aromatic heterocycles. The van der Waals surface area contributed by atoms with Gasteiger partial charge in [0.2, 0.25) is 0 Å². The number of rotatable bonds is 5. The SMILES string of the molecule is COC(=O)c1cc2c([nH]c3ccccc32)c(C(COC(C)=O)OC(C)=O)n1. The van der Waals surface area contributed by atoms with Gasteiger partial charge in [0, 0.05) is 30.1 Å². The van der Waals surface area contributed by atoms with Crippen molar-refractivity contribution < 1.29 is 28.6 Å². The quantitative estimate of drug-likeness (QED) is 0.543. The molecule has 0 spiro atoms. The van der Waals surface area contributed by atoms with Gasteiger partial charge in [-0.2, -0.15) is 0 Å². The second-order valence-corrected chi connectivity index (χ2v) is 5.88. The van der Waals surface area contributed by atoms with Gasteiger partial charge < -0.3 is 19.2 Å². The van der Waals surface area contributed by atoms with Crippen molar-refractivity contribution >= 4 is 39.7 Å². The third-order valence-corrected chi connectivity index (χ3v) is 3.97. The van der Waals surface area contributed by atoms with Crippen LogP contribution in [0, 0.1) is 0 Å². The Kier molecular flexibility index (Phi) is 5.07. The molecular formula is C19H18N2O6. The first-order chi connectivity index (χ1) is 12.9. The summed E-state index contributed by atoms with van der Waals surface area (Å²) in [5, 5.41) is 1.59. The zero-order chi connectivity index (χ0) is 19.6. The molecule has 0 radical (unpaired) electrons. The maximum absolute atomic E-state index is 12.1. The number of ether oxygens (including phenoxy) is 3. The molecule has 0 aliphatic carbocycles. The molecule has 0 saturated heterocycles. The van der Waals surface area contributed by atoms with E-state index >= 15 is 0 Å². The van der Waals surface area contributed by atoms with Gasteiger partial charge in [-0.15, -0.1) is 0 Å². The lowest BCUT2D eigenvalue weighted by Crippen LogP contribution is -2.19. The van der Waals surface area contributed by atoms with Crippen molar-refractivity contribution in [2.45, 2.75) is 20.0 Å². The second-order valence-electron chi connectivity index (χ2n) is 5.88. The predicted octanol–water partition coefficient (Wildman–Crippen LogP) is 2.67. The second kappa shape index (κ2) is 7.45. The Morgan fingerprint density at radius 3 is 2.52 bits per heavy atom. The highest BCUT2D eigenvalue weighted by atomic mass is 16.6. The third kappa shape index (κ3) is 3.74. The zero-order valence-corrected chi connectivity index (χ0v) is 15.1. The van der Waals surface area contributed by atoms with Crippen molar-refractivity contribution in [2.75, 3.05) is 13.7 Å². The van der Waals surface area contributed by atoms with Crippen LogP contribution in [0.3, 0.4) is 0 Å². The molecule has 8 nitrogen and oxygen atoms in total. The van der Waals surface area contributed by atoms with E-state index in [1.807, 2.05) is 24.3 Å². The molecule has 0 saturated carbocycles. The van der Waals surface area contributed by atoms with Crippen molar-refractivity contribution in [2.24, 2.45) is 0 Å². The molecule has 0 aliphatic rings. The van der Waals surface area contributed by atoms with Crippen LogP contribution in [0.2, 0.25) is 0 Å². The standard InChI is InChI=1S/C19H18N2O6/c1-10(22)26-9-16(27-11(2)23)18-17-13(8-15(21-18)19(24)25-3)12-6-4-5-7-14(12)20-17/h4-8,16,20H,9H2,1-3H3. The molecule has 3 rings (SSSR count). The smallest absolute Gasteiger partial charge is 0.356 e. The normalized spacial score (nSPS) is 12.0. The number of para-hydroxylation sites is 1. The van der Waals surface area contributed by atoms with E-state index in [4.69, 9.17) is 14.2 Å². The summed E-state index contributed by atoms with van der Waals surface area (Å²) in [5.74, 6) is -1.72. The summed E-state index contributed by atoms with van der Waals surface area (Å²) in [4.78, 5) is 42.4. The molecule has 0 aliphatic heterocycles. The number of carbonyl (C=O) groups is 3. The van der Waals surface area contributed by atoms with E-state index in [2.05, 4.69) is 9.97 Å². The lowest BCUT2D eigenvalue weighted by molar-refractivity contribution is -0.156. The van der Waals surface area contributed by atoms with Gasteiger partial charge in [-0.05, 0) is 12.1 Å². The molecule has 3 aromatic rings. The first-order valence-corrected chi connectivity index (χ1v) is 8.21. The number of hydrogen-bond acceptors (Lipinski definition) is 7. The van der Waals surface area contributed by atoms with Crippen LogP contribution in [0.4, 0.5) is 0 Å². The van der Waals surface area contributed by atoms with Crippen molar-refractivity contribution in [3.8, 4) is 0 Å². The van der Waals surface area contributed by atoms with Crippen molar-refractivity contribution in [3.05, 3.63) is 41.7 Å². The highest BCUT2D eigenvalue weighted by Crippen LogP contribution is 2.32. The summed E-state index contributed by atoms with van der Waals surface area (Å²) in [7, 11) is 1.26. The number of pyridine rings is 1. The molecule has 8 heteroatoms. The largest absolute Gasteiger partial charge is 0.464 e. The molecule has 1 unspecified atom stereocenters. The van der Waals surface area contributed by atoms with Crippen LogP contribution < -0.4 is 0 Å². The van der Waals surface area contributed by atoms with Gasteiger partial charge in [0.05, 0.1) is 12.6 Å². The Balaban J connectivity index is 2.24. The summed E-state index contributed by atoms with van der Waals surface area (Å²) in [6.07, 6.45) is -0.980. The van der Waals surface area contributed by atoms with Gasteiger partial charge in [0.1, 0.15) is 18.0 Å². The van der Waals surface area contributed by atoms with Crippen LogP contribution >= 0.6 is 0 Å². The Hall–Kier alpha value is -3.42. The minimum Gasteiger partial charge on any atom is -0.464 e. The van der Waals surface area contributed by atoms with Crippen LogP contribution in [-0.2, 0) is 23.8 Å². The number of aromatic nitrogens is 2. The lowest BCUT2D eigenvalue weighted by Gasteiger charge is -2.17. The van der Waals surface area contributed by atoms with E-state index in [1.54, 1.807) is 6.07 Å². The van der Waals surface area contributed by atoms with E-state index in [0.29, 0.717) is 5.52 Å². The maximum Gasteiger partial charge on any atom is 0.356 e. The third-order valence-electron chi connectivity index (χ3n) is 3.97. The maximum atomic E-state index is 12.1. The average Bonchev–Trinajstić information content (AvgIpc) is 3.02. The molecule has 1 aromatic carbocycles. The summed E-state index contributed by atoms with van der Waals surface area (Å²) in [6.45, 7) is 2.27. The van der Waals surface area contributed by atoms with E-state index in [1.165, 1.54) is 21.0 Å². The average molecular weight is 370 g/mol. The number of benzene rings is 1. The number of aromatic amines is 1. The van der Waals surface area contributed by atoms with E-state index in [-0.39, 0.29) is 18.0 Å². The first-order valence-electron chi connectivity index (χ1n) is 8.21. The molecule has 2 heterocycles. The van der Waals surface area contributed by atoms with Crippen LogP contribution in [0.5, 0.6) is 0 Å². The van der Waals surface area contributed by atoms with Crippen molar-refractivity contribution in [3.63, 3.8) is 0 Å². The summed E-state index contributed by atoms with van der Waals surface area (Å²) in [6, 6.07) is 9.13. The molecule has 0 fully saturated rings. The lowest BCUT2D eigenvalue weighted by atomic mass is 10.1. The van der Waals surface area contributed by atoms with Gasteiger partial charge in [0.25, 0.3) is 0 Å². The fourth-order valence-electron chi connectivity index (χ4n) is 2.87. The van der Waals surface area contributed by atoms with Gasteiger partial charge >= 0.3 is 17.9 Å². The minimum atomic E-state index is -0.980. The van der Waals surface area contributed by atoms with Crippen molar-refractivity contribution in [1.82, 2.24) is 9.97 Å². The molecule has 1 atom stereocenters. The summed E-state index contributed by atoms with van der Waals surface area (Å²) < 4.78 is 15.1. The number of nitrogens with zero attached hydrogens (tertiary/aromatic N) is 1. The van der Waals surface area contributed by atoms with Crippen LogP contribution in [-0.4, -0.2) is 41.6 Å². The number of fused-ring (bicyclic) bond motifs is 3. The van der Waals surface area contributed by atoms with Crippen molar-refractivity contribution in [1.29, 1.82) is 0 Å². The topological polar surface area (TPSA) is 108 Å². The van der Waals surface area contributed by atoms with Crippen LogP contribution in [0.15, 0.2) is 30.3 Å². The van der Waals surface area contributed by atoms with Crippen LogP contribution in [0.1, 0.15) is 36.1 Å². The minimum absolute atomic E-state index is 0.0599. The highest BCUT2D eigenvalue weighted by Gasteiger charge is 2.25. The number of carbonyl (C=O) groups excluding carboxylic acids is 3. The Bertz CT molecular complexity index is 1040. The van der Waals surface area contributed by atoms with E-state index < -0.39 is 24.0 Å². The highest BCUT2D eigenvalue weighted by molar-refractivity contribution is 6.09. The molecule has 1 N–H and O–H groups in total. The summed E-state index contributed by atoms with van der Waals surface area (Å²) in [5.41, 5.74) is 1.75. The molecular weight excluding hydrogens is 352 g/mol. The molecule has 0 amide bonds. The van der Waals surface area contributed by atoms with E-state index in [0.717, 1.165) is 16.3 Å². The number of hydrogen-bond donors (Lipinski definition) is 1. The predicted molar refractivity (Wildman–Crippen MR) is 96.1 cm³/mol. The van der Waals surface area contributed by atoms with Gasteiger partial charge in [-0.25, -0.2) is 9.78 Å².